The van der Waals surface area contributed by atoms with Crippen LogP contribution in [0, 0.1) is 6.92 Å². The monoisotopic (exact) mass is 370 g/mol. The van der Waals surface area contributed by atoms with Crippen molar-refractivity contribution in [1.29, 1.82) is 0 Å². The summed E-state index contributed by atoms with van der Waals surface area (Å²) in [6.45, 7) is 9.59. The van der Waals surface area contributed by atoms with Gasteiger partial charge in [-0.1, -0.05) is 0 Å². The van der Waals surface area contributed by atoms with Gasteiger partial charge in [-0.25, -0.2) is 0 Å². The summed E-state index contributed by atoms with van der Waals surface area (Å²) >= 11 is 0. The standard InChI is InChI=1S/C20H26N4O3/c1-4-26-17-8-7-16(14-18(17)27-5-2)20(25)24-12-10-23(11-13-24)19-9-6-15(3)21-22-19/h6-9,14H,4-5,10-13H2,1-3H3. The zero-order valence-electron chi connectivity index (χ0n) is 16.1. The van der Waals surface area contributed by atoms with Gasteiger partial charge in [0, 0.05) is 31.7 Å². The highest BCUT2D eigenvalue weighted by atomic mass is 16.5. The number of anilines is 1. The van der Waals surface area contributed by atoms with Gasteiger partial charge in [0.15, 0.2) is 17.3 Å². The van der Waals surface area contributed by atoms with Crippen LogP contribution in [0.2, 0.25) is 0 Å². The number of amides is 1. The lowest BCUT2D eigenvalue weighted by Crippen LogP contribution is -2.49. The van der Waals surface area contributed by atoms with E-state index in [4.69, 9.17) is 9.47 Å². The number of carbonyl (C=O) groups is 1. The Morgan fingerprint density at radius 3 is 2.30 bits per heavy atom. The highest BCUT2D eigenvalue weighted by molar-refractivity contribution is 5.95. The normalized spacial score (nSPS) is 14.2. The zero-order chi connectivity index (χ0) is 19.2. The second-order valence-corrected chi connectivity index (χ2v) is 6.34. The maximum Gasteiger partial charge on any atom is 0.254 e. The number of rotatable bonds is 6. The van der Waals surface area contributed by atoms with Crippen molar-refractivity contribution in [1.82, 2.24) is 15.1 Å². The molecule has 27 heavy (non-hydrogen) atoms. The number of benzene rings is 1. The van der Waals surface area contributed by atoms with Crippen LogP contribution in [0.4, 0.5) is 5.82 Å². The summed E-state index contributed by atoms with van der Waals surface area (Å²) in [5.41, 5.74) is 1.51. The highest BCUT2D eigenvalue weighted by Crippen LogP contribution is 2.29. The quantitative estimate of drug-likeness (QED) is 0.778. The molecular formula is C20H26N4O3. The van der Waals surface area contributed by atoms with E-state index in [0.29, 0.717) is 43.4 Å². The first-order valence-corrected chi connectivity index (χ1v) is 9.36. The molecule has 0 atom stereocenters. The molecule has 0 aliphatic carbocycles. The Bertz CT molecular complexity index is 771. The lowest BCUT2D eigenvalue weighted by Gasteiger charge is -2.35. The average molecular weight is 370 g/mol. The molecule has 1 saturated heterocycles. The molecule has 1 fully saturated rings. The minimum absolute atomic E-state index is 0.00800. The molecule has 1 amide bonds. The van der Waals surface area contributed by atoms with E-state index in [9.17, 15) is 4.79 Å². The minimum Gasteiger partial charge on any atom is -0.490 e. The van der Waals surface area contributed by atoms with Crippen LogP contribution in [0.3, 0.4) is 0 Å². The van der Waals surface area contributed by atoms with E-state index in [1.165, 1.54) is 0 Å². The molecule has 0 radical (unpaired) electrons. The first kappa shape index (κ1) is 18.9. The number of hydrogen-bond donors (Lipinski definition) is 0. The zero-order valence-corrected chi connectivity index (χ0v) is 16.1. The Kier molecular flexibility index (Phi) is 6.11. The van der Waals surface area contributed by atoms with Gasteiger partial charge in [-0.3, -0.25) is 4.79 Å². The Hall–Kier alpha value is -2.83. The van der Waals surface area contributed by atoms with Crippen LogP contribution < -0.4 is 14.4 Å². The fraction of sp³-hybridized carbons (Fsp3) is 0.450. The number of piperazine rings is 1. The predicted octanol–water partition coefficient (Wildman–Crippen LogP) is 2.54. The average Bonchev–Trinajstić information content (AvgIpc) is 2.70. The molecular weight excluding hydrogens is 344 g/mol. The summed E-state index contributed by atoms with van der Waals surface area (Å²) in [7, 11) is 0. The van der Waals surface area contributed by atoms with Crippen molar-refractivity contribution in [2.24, 2.45) is 0 Å². The topological polar surface area (TPSA) is 67.8 Å². The molecule has 1 aromatic carbocycles. The molecule has 1 aliphatic heterocycles. The molecule has 0 spiro atoms. The van der Waals surface area contributed by atoms with E-state index < -0.39 is 0 Å². The largest absolute Gasteiger partial charge is 0.490 e. The van der Waals surface area contributed by atoms with Gasteiger partial charge in [-0.15, -0.1) is 5.10 Å². The van der Waals surface area contributed by atoms with E-state index in [-0.39, 0.29) is 5.91 Å². The van der Waals surface area contributed by atoms with Crippen molar-refractivity contribution in [3.05, 3.63) is 41.6 Å². The highest BCUT2D eigenvalue weighted by Gasteiger charge is 2.24. The van der Waals surface area contributed by atoms with Crippen molar-refractivity contribution >= 4 is 11.7 Å². The second kappa shape index (κ2) is 8.70. The van der Waals surface area contributed by atoms with Crippen molar-refractivity contribution in [3.63, 3.8) is 0 Å². The first-order chi connectivity index (χ1) is 13.1. The van der Waals surface area contributed by atoms with Crippen LogP contribution in [0.1, 0.15) is 29.9 Å². The molecule has 0 unspecified atom stereocenters. The van der Waals surface area contributed by atoms with Gasteiger partial charge < -0.3 is 19.3 Å². The molecule has 144 valence electrons. The molecule has 1 aliphatic rings. The molecule has 0 saturated carbocycles. The fourth-order valence-corrected chi connectivity index (χ4v) is 3.07. The fourth-order valence-electron chi connectivity index (χ4n) is 3.07. The molecule has 7 nitrogen and oxygen atoms in total. The third-order valence-electron chi connectivity index (χ3n) is 4.47. The number of aryl methyl sites for hydroxylation is 1. The molecule has 3 rings (SSSR count). The number of ether oxygens (including phenoxy) is 2. The molecule has 0 bridgehead atoms. The third-order valence-corrected chi connectivity index (χ3v) is 4.47. The van der Waals surface area contributed by atoms with E-state index in [2.05, 4.69) is 15.1 Å². The molecule has 7 heteroatoms. The van der Waals surface area contributed by atoms with Gasteiger partial charge in [-0.2, -0.15) is 5.10 Å². The van der Waals surface area contributed by atoms with Crippen molar-refractivity contribution < 1.29 is 14.3 Å². The predicted molar refractivity (Wildman–Crippen MR) is 104 cm³/mol. The van der Waals surface area contributed by atoms with Gasteiger partial charge in [0.1, 0.15) is 0 Å². The lowest BCUT2D eigenvalue weighted by molar-refractivity contribution is 0.0746. The first-order valence-electron chi connectivity index (χ1n) is 9.36. The van der Waals surface area contributed by atoms with Gasteiger partial charge >= 0.3 is 0 Å². The van der Waals surface area contributed by atoms with Crippen molar-refractivity contribution in [2.75, 3.05) is 44.3 Å². The van der Waals surface area contributed by atoms with Crippen LogP contribution >= 0.6 is 0 Å². The smallest absolute Gasteiger partial charge is 0.254 e. The maximum absolute atomic E-state index is 12.9. The number of aromatic nitrogens is 2. The summed E-state index contributed by atoms with van der Waals surface area (Å²) in [4.78, 5) is 16.9. The molecule has 2 heterocycles. The lowest BCUT2D eigenvalue weighted by atomic mass is 10.1. The van der Waals surface area contributed by atoms with Gasteiger partial charge in [0.2, 0.25) is 0 Å². The van der Waals surface area contributed by atoms with E-state index >= 15 is 0 Å². The Morgan fingerprint density at radius 1 is 0.963 bits per heavy atom. The minimum atomic E-state index is 0.00800. The van der Waals surface area contributed by atoms with Gasteiger partial charge in [-0.05, 0) is 51.1 Å². The van der Waals surface area contributed by atoms with Crippen LogP contribution in [0.5, 0.6) is 11.5 Å². The Balaban J connectivity index is 1.66. The SMILES string of the molecule is CCOc1ccc(C(=O)N2CCN(c3ccc(C)nn3)CC2)cc1OCC. The summed E-state index contributed by atoms with van der Waals surface area (Å²) in [6.07, 6.45) is 0. The second-order valence-electron chi connectivity index (χ2n) is 6.34. The van der Waals surface area contributed by atoms with Crippen LogP contribution in [0.15, 0.2) is 30.3 Å². The van der Waals surface area contributed by atoms with Crippen LogP contribution in [-0.2, 0) is 0 Å². The molecule has 0 N–H and O–H groups in total. The Morgan fingerprint density at radius 2 is 1.67 bits per heavy atom. The van der Waals surface area contributed by atoms with E-state index in [0.717, 1.165) is 24.6 Å². The number of carbonyl (C=O) groups excluding carboxylic acids is 1. The van der Waals surface area contributed by atoms with E-state index in [1.54, 1.807) is 18.2 Å². The van der Waals surface area contributed by atoms with Crippen LogP contribution in [0.25, 0.3) is 0 Å². The van der Waals surface area contributed by atoms with Gasteiger partial charge in [0.25, 0.3) is 5.91 Å². The summed E-state index contributed by atoms with van der Waals surface area (Å²) in [5, 5.41) is 8.34. The maximum atomic E-state index is 12.9. The summed E-state index contributed by atoms with van der Waals surface area (Å²) in [5.74, 6) is 2.14. The van der Waals surface area contributed by atoms with E-state index in [1.807, 2.05) is 37.8 Å². The van der Waals surface area contributed by atoms with Gasteiger partial charge in [0.05, 0.1) is 18.9 Å². The third kappa shape index (κ3) is 4.48. The molecule has 1 aromatic heterocycles. The molecule has 2 aromatic rings. The summed E-state index contributed by atoms with van der Waals surface area (Å²) in [6, 6.07) is 9.30. The van der Waals surface area contributed by atoms with Crippen molar-refractivity contribution in [3.8, 4) is 11.5 Å². The summed E-state index contributed by atoms with van der Waals surface area (Å²) < 4.78 is 11.2. The number of nitrogens with zero attached hydrogens (tertiary/aromatic N) is 4. The van der Waals surface area contributed by atoms with Crippen molar-refractivity contribution in [2.45, 2.75) is 20.8 Å². The Labute approximate surface area is 159 Å². The number of hydrogen-bond acceptors (Lipinski definition) is 6. The van der Waals surface area contributed by atoms with Crippen LogP contribution in [-0.4, -0.2) is 60.4 Å².